The summed E-state index contributed by atoms with van der Waals surface area (Å²) in [5.41, 5.74) is 2.11. The second kappa shape index (κ2) is 4.14. The van der Waals surface area contributed by atoms with E-state index in [-0.39, 0.29) is 5.54 Å². The Morgan fingerprint density at radius 3 is 2.75 bits per heavy atom. The van der Waals surface area contributed by atoms with Gasteiger partial charge in [0.15, 0.2) is 5.65 Å². The first-order valence-electron chi connectivity index (χ1n) is 5.18. The highest BCUT2D eigenvalue weighted by Gasteiger charge is 2.10. The first-order valence-corrected chi connectivity index (χ1v) is 5.97. The van der Waals surface area contributed by atoms with Crippen LogP contribution in [-0.4, -0.2) is 19.9 Å². The molecule has 2 aromatic heterocycles. The van der Waals surface area contributed by atoms with E-state index in [0.29, 0.717) is 0 Å². The van der Waals surface area contributed by atoms with Gasteiger partial charge in [-0.2, -0.15) is 0 Å². The topological polar surface area (TPSA) is 42.2 Å². The lowest BCUT2D eigenvalue weighted by molar-refractivity contribution is 0.420. The maximum atomic E-state index is 4.30. The van der Waals surface area contributed by atoms with E-state index in [2.05, 4.69) is 52.0 Å². The molecule has 1 N–H and O–H groups in total. The zero-order valence-corrected chi connectivity index (χ0v) is 11.2. The fourth-order valence-electron chi connectivity index (χ4n) is 1.40. The number of aromatic nitrogens is 3. The Balaban J connectivity index is 2.28. The van der Waals surface area contributed by atoms with Crippen LogP contribution >= 0.6 is 15.9 Å². The van der Waals surface area contributed by atoms with Gasteiger partial charge in [0.1, 0.15) is 4.60 Å². The maximum absolute atomic E-state index is 4.30. The van der Waals surface area contributed by atoms with Crippen LogP contribution < -0.4 is 5.32 Å². The van der Waals surface area contributed by atoms with E-state index in [1.807, 2.05) is 16.8 Å². The van der Waals surface area contributed by atoms with Gasteiger partial charge in [0.25, 0.3) is 0 Å². The van der Waals surface area contributed by atoms with Crippen molar-refractivity contribution >= 4 is 21.6 Å². The van der Waals surface area contributed by atoms with Crippen LogP contribution in [0.15, 0.2) is 23.2 Å². The Bertz CT molecular complexity index is 498. The largest absolute Gasteiger partial charge is 0.306 e. The highest BCUT2D eigenvalue weighted by atomic mass is 79.9. The Labute approximate surface area is 103 Å². The number of rotatable bonds is 2. The van der Waals surface area contributed by atoms with Gasteiger partial charge in [0, 0.05) is 18.3 Å². The average Bonchev–Trinajstić information content (AvgIpc) is 2.56. The molecule has 2 rings (SSSR count). The number of fused-ring (bicyclic) bond motifs is 1. The van der Waals surface area contributed by atoms with Gasteiger partial charge in [-0.25, -0.2) is 9.97 Å². The van der Waals surface area contributed by atoms with E-state index in [4.69, 9.17) is 0 Å². The van der Waals surface area contributed by atoms with Gasteiger partial charge in [0.05, 0.1) is 18.1 Å². The summed E-state index contributed by atoms with van der Waals surface area (Å²) in [5, 5.41) is 3.44. The predicted octanol–water partition coefficient (Wildman–Crippen LogP) is 2.38. The molecule has 0 aliphatic heterocycles. The molecular weight excluding hydrogens is 268 g/mol. The van der Waals surface area contributed by atoms with Crippen LogP contribution in [-0.2, 0) is 6.54 Å². The van der Waals surface area contributed by atoms with Crippen LogP contribution in [0.25, 0.3) is 5.65 Å². The van der Waals surface area contributed by atoms with Gasteiger partial charge in [-0.3, -0.25) is 4.40 Å². The van der Waals surface area contributed by atoms with Crippen molar-refractivity contribution in [1.29, 1.82) is 0 Å². The monoisotopic (exact) mass is 282 g/mol. The van der Waals surface area contributed by atoms with E-state index in [0.717, 1.165) is 22.5 Å². The first-order chi connectivity index (χ1) is 7.46. The lowest BCUT2D eigenvalue weighted by Gasteiger charge is -2.20. The van der Waals surface area contributed by atoms with Gasteiger partial charge in [0.2, 0.25) is 0 Å². The smallest absolute Gasteiger partial charge is 0.155 e. The third-order valence-corrected chi connectivity index (χ3v) is 2.65. The van der Waals surface area contributed by atoms with Crippen LogP contribution in [0.3, 0.4) is 0 Å². The van der Waals surface area contributed by atoms with Gasteiger partial charge in [-0.05, 0) is 36.7 Å². The summed E-state index contributed by atoms with van der Waals surface area (Å²) in [6, 6.07) is 0. The standard InChI is InChI=1S/C11H15BrN4/c1-11(2,3)15-5-8-4-14-10-6-13-9(12)7-16(8)10/h4,6-7,15H,5H2,1-3H3. The molecule has 86 valence electrons. The van der Waals surface area contributed by atoms with Crippen molar-refractivity contribution in [2.24, 2.45) is 0 Å². The highest BCUT2D eigenvalue weighted by Crippen LogP contribution is 2.11. The molecule has 0 saturated carbocycles. The molecular formula is C11H15BrN4. The molecule has 0 bridgehead atoms. The molecule has 0 fully saturated rings. The maximum Gasteiger partial charge on any atom is 0.155 e. The molecule has 0 aliphatic rings. The highest BCUT2D eigenvalue weighted by molar-refractivity contribution is 9.10. The summed E-state index contributed by atoms with van der Waals surface area (Å²) < 4.78 is 2.85. The van der Waals surface area contributed by atoms with E-state index in [1.165, 1.54) is 0 Å². The molecule has 0 unspecified atom stereocenters. The van der Waals surface area contributed by atoms with E-state index >= 15 is 0 Å². The van der Waals surface area contributed by atoms with Crippen molar-refractivity contribution in [3.63, 3.8) is 0 Å². The fraction of sp³-hybridized carbons (Fsp3) is 0.455. The van der Waals surface area contributed by atoms with Crippen LogP contribution in [0.4, 0.5) is 0 Å². The summed E-state index contributed by atoms with van der Waals surface area (Å²) >= 11 is 3.36. The predicted molar refractivity (Wildman–Crippen MR) is 67.3 cm³/mol. The number of hydrogen-bond acceptors (Lipinski definition) is 3. The molecule has 2 aromatic rings. The molecule has 0 atom stereocenters. The number of imidazole rings is 1. The zero-order valence-electron chi connectivity index (χ0n) is 9.66. The number of nitrogens with zero attached hydrogens (tertiary/aromatic N) is 3. The molecule has 2 heterocycles. The lowest BCUT2D eigenvalue weighted by Crippen LogP contribution is -2.35. The van der Waals surface area contributed by atoms with Gasteiger partial charge >= 0.3 is 0 Å². The van der Waals surface area contributed by atoms with E-state index < -0.39 is 0 Å². The number of halogens is 1. The first kappa shape index (κ1) is 11.5. The van der Waals surface area contributed by atoms with Gasteiger partial charge < -0.3 is 5.32 Å². The molecule has 16 heavy (non-hydrogen) atoms. The Hall–Kier alpha value is -0.940. The zero-order chi connectivity index (χ0) is 11.8. The lowest BCUT2D eigenvalue weighted by atomic mass is 10.1. The SMILES string of the molecule is CC(C)(C)NCc1cnc2cnc(Br)cn12. The molecule has 0 aliphatic carbocycles. The van der Waals surface area contributed by atoms with Crippen molar-refractivity contribution < 1.29 is 0 Å². The second-order valence-corrected chi connectivity index (χ2v) is 5.60. The molecule has 0 radical (unpaired) electrons. The number of nitrogens with one attached hydrogen (secondary N) is 1. The molecule has 0 aromatic carbocycles. The second-order valence-electron chi connectivity index (χ2n) is 4.79. The molecule has 0 saturated heterocycles. The van der Waals surface area contributed by atoms with Crippen molar-refractivity contribution in [2.45, 2.75) is 32.9 Å². The summed E-state index contributed by atoms with van der Waals surface area (Å²) in [6.45, 7) is 7.23. The molecule has 0 amide bonds. The molecule has 4 nitrogen and oxygen atoms in total. The normalized spacial score (nSPS) is 12.2. The molecule has 0 spiro atoms. The van der Waals surface area contributed by atoms with Gasteiger partial charge in [-0.15, -0.1) is 0 Å². The minimum Gasteiger partial charge on any atom is -0.306 e. The minimum atomic E-state index is 0.106. The Morgan fingerprint density at radius 2 is 2.06 bits per heavy atom. The third-order valence-electron chi connectivity index (χ3n) is 2.24. The van der Waals surface area contributed by atoms with E-state index in [9.17, 15) is 0 Å². The van der Waals surface area contributed by atoms with Crippen molar-refractivity contribution in [3.8, 4) is 0 Å². The summed E-state index contributed by atoms with van der Waals surface area (Å²) in [6.07, 6.45) is 5.56. The third kappa shape index (κ3) is 2.59. The van der Waals surface area contributed by atoms with Crippen LogP contribution in [0, 0.1) is 0 Å². The summed E-state index contributed by atoms with van der Waals surface area (Å²) in [5.74, 6) is 0. The molecule has 5 heteroatoms. The van der Waals surface area contributed by atoms with Crippen LogP contribution in [0.1, 0.15) is 26.5 Å². The fourth-order valence-corrected chi connectivity index (χ4v) is 1.71. The van der Waals surface area contributed by atoms with Gasteiger partial charge in [-0.1, -0.05) is 0 Å². The average molecular weight is 283 g/mol. The van der Waals surface area contributed by atoms with Crippen LogP contribution in [0.5, 0.6) is 0 Å². The summed E-state index contributed by atoms with van der Waals surface area (Å²) in [7, 11) is 0. The Kier molecular flexibility index (Phi) is 2.99. The van der Waals surface area contributed by atoms with Crippen molar-refractivity contribution in [3.05, 3.63) is 28.9 Å². The minimum absolute atomic E-state index is 0.106. The summed E-state index contributed by atoms with van der Waals surface area (Å²) in [4.78, 5) is 8.44. The number of hydrogen-bond donors (Lipinski definition) is 1. The quantitative estimate of drug-likeness (QED) is 0.920. The van der Waals surface area contributed by atoms with Crippen LogP contribution in [0.2, 0.25) is 0 Å². The van der Waals surface area contributed by atoms with Crippen molar-refractivity contribution in [1.82, 2.24) is 19.7 Å². The van der Waals surface area contributed by atoms with E-state index in [1.54, 1.807) is 6.20 Å². The Morgan fingerprint density at radius 1 is 1.31 bits per heavy atom. The van der Waals surface area contributed by atoms with Crippen molar-refractivity contribution in [2.75, 3.05) is 0 Å².